The van der Waals surface area contributed by atoms with Gasteiger partial charge in [0.25, 0.3) is 5.91 Å². The summed E-state index contributed by atoms with van der Waals surface area (Å²) < 4.78 is 11.5. The van der Waals surface area contributed by atoms with Crippen molar-refractivity contribution >= 4 is 41.0 Å². The Balaban J connectivity index is 2.23. The molecule has 28 heavy (non-hydrogen) atoms. The number of hydrogen-bond acceptors (Lipinski definition) is 5. The van der Waals surface area contributed by atoms with E-state index in [-0.39, 0.29) is 5.78 Å². The summed E-state index contributed by atoms with van der Waals surface area (Å²) in [5.74, 6) is 0.830. The number of hydrogen-bond donors (Lipinski definition) is 2. The number of ether oxygens (including phenoxy) is 2. The summed E-state index contributed by atoms with van der Waals surface area (Å²) in [5.41, 5.74) is 2.10. The van der Waals surface area contributed by atoms with Gasteiger partial charge < -0.3 is 14.3 Å². The molecule has 1 amide bonds. The number of halogens is 2. The minimum atomic E-state index is -0.676. The first-order valence-corrected chi connectivity index (χ1v) is 9.16. The van der Waals surface area contributed by atoms with Crippen LogP contribution in [0.5, 0.6) is 17.2 Å². The van der Waals surface area contributed by atoms with E-state index in [1.807, 2.05) is 0 Å². The Morgan fingerprint density at radius 3 is 2.54 bits per heavy atom. The monoisotopic (exact) mass is 423 g/mol. The topological polar surface area (TPSA) is 84.9 Å². The van der Waals surface area contributed by atoms with Gasteiger partial charge in [-0.2, -0.15) is 0 Å². The molecule has 0 atom stereocenters. The van der Waals surface area contributed by atoms with Crippen molar-refractivity contribution in [2.45, 2.75) is 19.8 Å². The lowest BCUT2D eigenvalue weighted by Crippen LogP contribution is -2.14. The Kier molecular flexibility index (Phi) is 8.32. The molecule has 0 spiro atoms. The summed E-state index contributed by atoms with van der Waals surface area (Å²) in [4.78, 5) is 22.3. The third-order valence-electron chi connectivity index (χ3n) is 3.57. The summed E-state index contributed by atoms with van der Waals surface area (Å²) >= 11 is 11.9. The van der Waals surface area contributed by atoms with Crippen molar-refractivity contribution in [3.05, 3.63) is 58.1 Å². The predicted octanol–water partition coefficient (Wildman–Crippen LogP) is 5.05. The Morgan fingerprint density at radius 1 is 1.11 bits per heavy atom. The van der Waals surface area contributed by atoms with Crippen molar-refractivity contribution in [2.75, 3.05) is 6.61 Å². The number of ketones is 1. The van der Waals surface area contributed by atoms with Gasteiger partial charge in [-0.1, -0.05) is 23.2 Å². The smallest absolute Gasteiger partial charge is 0.267 e. The van der Waals surface area contributed by atoms with Gasteiger partial charge in [0, 0.05) is 30.2 Å². The van der Waals surface area contributed by atoms with E-state index < -0.39 is 5.91 Å². The van der Waals surface area contributed by atoms with Crippen LogP contribution in [0.2, 0.25) is 10.0 Å². The minimum Gasteiger partial charge on any atom is -0.493 e. The Bertz CT molecular complexity index is 883. The van der Waals surface area contributed by atoms with E-state index in [0.717, 1.165) is 6.08 Å². The van der Waals surface area contributed by atoms with E-state index in [1.165, 1.54) is 18.5 Å². The van der Waals surface area contributed by atoms with Crippen LogP contribution >= 0.6 is 23.2 Å². The van der Waals surface area contributed by atoms with Gasteiger partial charge in [-0.15, -0.1) is 0 Å². The van der Waals surface area contributed by atoms with Gasteiger partial charge in [-0.3, -0.25) is 10.0 Å². The molecule has 0 saturated carbocycles. The van der Waals surface area contributed by atoms with Crippen molar-refractivity contribution in [3.8, 4) is 17.2 Å². The van der Waals surface area contributed by atoms with Gasteiger partial charge >= 0.3 is 0 Å². The Morgan fingerprint density at radius 2 is 1.86 bits per heavy atom. The molecule has 0 aliphatic heterocycles. The molecule has 2 rings (SSSR count). The van der Waals surface area contributed by atoms with E-state index in [4.69, 9.17) is 37.9 Å². The number of carbonyl (C=O) groups excluding carboxylic acids is 2. The molecule has 0 radical (unpaired) electrons. The second-order valence-corrected chi connectivity index (χ2v) is 6.66. The number of hydroxylamine groups is 1. The van der Waals surface area contributed by atoms with Crippen LogP contribution in [0.3, 0.4) is 0 Å². The van der Waals surface area contributed by atoms with Crippen molar-refractivity contribution in [1.82, 2.24) is 5.48 Å². The molecule has 0 fully saturated rings. The molecule has 0 aromatic heterocycles. The summed E-state index contributed by atoms with van der Waals surface area (Å²) in [6, 6.07) is 9.91. The van der Waals surface area contributed by atoms with Gasteiger partial charge in [0.15, 0.2) is 0 Å². The van der Waals surface area contributed by atoms with Gasteiger partial charge in [-0.25, -0.2) is 5.48 Å². The molecular weight excluding hydrogens is 405 g/mol. The third kappa shape index (κ3) is 6.88. The molecule has 2 aromatic carbocycles. The van der Waals surface area contributed by atoms with Gasteiger partial charge in [0.05, 0.1) is 16.7 Å². The van der Waals surface area contributed by atoms with Crippen LogP contribution in [0.25, 0.3) is 6.08 Å². The maximum Gasteiger partial charge on any atom is 0.267 e. The van der Waals surface area contributed by atoms with E-state index in [9.17, 15) is 9.59 Å². The molecule has 8 heteroatoms. The lowest BCUT2D eigenvalue weighted by molar-refractivity contribution is -0.124. The van der Waals surface area contributed by atoms with E-state index in [0.29, 0.717) is 52.3 Å². The van der Waals surface area contributed by atoms with Gasteiger partial charge in [0.1, 0.15) is 23.0 Å². The van der Waals surface area contributed by atoms with E-state index >= 15 is 0 Å². The van der Waals surface area contributed by atoms with Crippen molar-refractivity contribution in [1.29, 1.82) is 0 Å². The summed E-state index contributed by atoms with van der Waals surface area (Å²) in [7, 11) is 0. The summed E-state index contributed by atoms with van der Waals surface area (Å²) in [5, 5.41) is 9.36. The highest BCUT2D eigenvalue weighted by Gasteiger charge is 2.08. The SMILES string of the molecule is CC(=O)CCCOc1ccc(/C=C/C(=O)NO)c(Oc2ccc(Cl)c(Cl)c2)c1. The molecule has 0 aliphatic rings. The van der Waals surface area contributed by atoms with Crippen LogP contribution in [0.4, 0.5) is 0 Å². The summed E-state index contributed by atoms with van der Waals surface area (Å²) in [6.07, 6.45) is 3.70. The lowest BCUT2D eigenvalue weighted by atomic mass is 10.1. The molecule has 0 aliphatic carbocycles. The average Bonchev–Trinajstić information content (AvgIpc) is 2.67. The molecule has 0 unspecified atom stereocenters. The largest absolute Gasteiger partial charge is 0.493 e. The Labute approximate surface area is 172 Å². The normalized spacial score (nSPS) is 10.7. The standard InChI is InChI=1S/C20H19Cl2NO5/c1-13(24)3-2-10-27-15-6-4-14(5-9-20(25)23-26)19(12-15)28-16-7-8-17(21)18(22)11-16/h4-9,11-12,26H,2-3,10H2,1H3,(H,23,25)/b9-5+. The molecular formula is C20H19Cl2NO5. The fourth-order valence-corrected chi connectivity index (χ4v) is 2.50. The highest BCUT2D eigenvalue weighted by atomic mass is 35.5. The number of benzene rings is 2. The van der Waals surface area contributed by atoms with Gasteiger partial charge in [0.2, 0.25) is 0 Å². The van der Waals surface area contributed by atoms with Crippen LogP contribution in [-0.4, -0.2) is 23.5 Å². The Hall–Kier alpha value is -2.54. The molecule has 0 heterocycles. The zero-order valence-electron chi connectivity index (χ0n) is 15.1. The van der Waals surface area contributed by atoms with Crippen LogP contribution in [0.1, 0.15) is 25.3 Å². The third-order valence-corrected chi connectivity index (χ3v) is 4.31. The van der Waals surface area contributed by atoms with Crippen molar-refractivity contribution in [2.24, 2.45) is 0 Å². The van der Waals surface area contributed by atoms with E-state index in [2.05, 4.69) is 0 Å². The number of nitrogens with one attached hydrogen (secondary N) is 1. The van der Waals surface area contributed by atoms with Crippen LogP contribution in [-0.2, 0) is 9.59 Å². The molecule has 2 N–H and O–H groups in total. The number of rotatable bonds is 9. The summed E-state index contributed by atoms with van der Waals surface area (Å²) in [6.45, 7) is 1.92. The molecule has 0 bridgehead atoms. The van der Waals surface area contributed by atoms with Crippen LogP contribution in [0, 0.1) is 0 Å². The number of amides is 1. The fraction of sp³-hybridized carbons (Fsp3) is 0.200. The van der Waals surface area contributed by atoms with Crippen molar-refractivity contribution in [3.63, 3.8) is 0 Å². The highest BCUT2D eigenvalue weighted by Crippen LogP contribution is 2.33. The first kappa shape index (κ1) is 21.8. The van der Waals surface area contributed by atoms with Gasteiger partial charge in [-0.05, 0) is 43.7 Å². The molecule has 0 saturated heterocycles. The number of carbonyl (C=O) groups is 2. The molecule has 148 valence electrons. The van der Waals surface area contributed by atoms with Crippen molar-refractivity contribution < 1.29 is 24.3 Å². The van der Waals surface area contributed by atoms with E-state index in [1.54, 1.807) is 36.4 Å². The zero-order chi connectivity index (χ0) is 20.5. The fourth-order valence-electron chi connectivity index (χ4n) is 2.21. The second kappa shape index (κ2) is 10.7. The first-order chi connectivity index (χ1) is 13.4. The maximum absolute atomic E-state index is 11.3. The number of Topliss-reactive ketones (excluding diaryl/α,β-unsaturated/α-hetero) is 1. The highest BCUT2D eigenvalue weighted by molar-refractivity contribution is 6.42. The molecule has 2 aromatic rings. The first-order valence-electron chi connectivity index (χ1n) is 8.40. The quantitative estimate of drug-likeness (QED) is 0.255. The average molecular weight is 424 g/mol. The zero-order valence-corrected chi connectivity index (χ0v) is 16.6. The second-order valence-electron chi connectivity index (χ2n) is 5.84. The van der Waals surface area contributed by atoms with Crippen LogP contribution < -0.4 is 15.0 Å². The minimum absolute atomic E-state index is 0.106. The lowest BCUT2D eigenvalue weighted by Gasteiger charge is -2.12. The maximum atomic E-state index is 11.3. The van der Waals surface area contributed by atoms with Crippen LogP contribution in [0.15, 0.2) is 42.5 Å². The predicted molar refractivity (Wildman–Crippen MR) is 107 cm³/mol. The molecule has 6 nitrogen and oxygen atoms in total.